The number of ether oxygens (including phenoxy) is 1. The van der Waals surface area contributed by atoms with Crippen LogP contribution in [0.5, 0.6) is 0 Å². The van der Waals surface area contributed by atoms with Gasteiger partial charge in [-0.2, -0.15) is 5.10 Å². The molecule has 25 heavy (non-hydrogen) atoms. The zero-order valence-electron chi connectivity index (χ0n) is 15.0. The zero-order chi connectivity index (χ0) is 17.8. The predicted molar refractivity (Wildman–Crippen MR) is 99.9 cm³/mol. The van der Waals surface area contributed by atoms with E-state index in [4.69, 9.17) is 27.1 Å². The number of nitrogens with zero attached hydrogens (tertiary/aromatic N) is 3. The van der Waals surface area contributed by atoms with Crippen LogP contribution < -0.4 is 5.73 Å². The number of nitrogens with two attached hydrogens (primary N) is 1. The van der Waals surface area contributed by atoms with E-state index < -0.39 is 0 Å². The number of benzene rings is 1. The minimum Gasteiger partial charge on any atom is -0.377 e. The Kier molecular flexibility index (Phi) is 6.10. The summed E-state index contributed by atoms with van der Waals surface area (Å²) in [5.74, 6) is 2.13. The predicted octanol–water partition coefficient (Wildman–Crippen LogP) is 3.68. The zero-order valence-corrected chi connectivity index (χ0v) is 15.7. The molecule has 0 bridgehead atoms. The number of halogens is 1. The van der Waals surface area contributed by atoms with Gasteiger partial charge in [-0.3, -0.25) is 0 Å². The van der Waals surface area contributed by atoms with Crippen LogP contribution in [0.1, 0.15) is 55.7 Å². The molecule has 0 radical (unpaired) electrons. The second-order valence-electron chi connectivity index (χ2n) is 6.85. The van der Waals surface area contributed by atoms with Crippen molar-refractivity contribution < 1.29 is 4.74 Å². The van der Waals surface area contributed by atoms with E-state index in [9.17, 15) is 0 Å². The van der Waals surface area contributed by atoms with E-state index >= 15 is 0 Å². The first kappa shape index (κ1) is 18.4. The highest BCUT2D eigenvalue weighted by atomic mass is 35.5. The van der Waals surface area contributed by atoms with Crippen LogP contribution in [0, 0.1) is 6.92 Å². The number of hydrogen-bond donors (Lipinski definition) is 1. The lowest BCUT2D eigenvalue weighted by atomic mass is 9.83. The third-order valence-corrected chi connectivity index (χ3v) is 5.19. The van der Waals surface area contributed by atoms with Crippen LogP contribution in [0.4, 0.5) is 0 Å². The fourth-order valence-electron chi connectivity index (χ4n) is 3.57. The first-order chi connectivity index (χ1) is 12.1. The molecule has 0 spiro atoms. The minimum absolute atomic E-state index is 0.0519. The van der Waals surface area contributed by atoms with Crippen LogP contribution >= 0.6 is 11.6 Å². The van der Waals surface area contributed by atoms with E-state index in [1.807, 2.05) is 35.9 Å². The fourth-order valence-corrected chi connectivity index (χ4v) is 3.76. The molecule has 1 saturated carbocycles. The lowest BCUT2D eigenvalue weighted by Crippen LogP contribution is -2.42. The van der Waals surface area contributed by atoms with Crippen molar-refractivity contribution in [3.8, 4) is 0 Å². The Hall–Kier alpha value is -1.43. The standard InChI is InChI=1S/C19H27ClN4O/c1-3-10-25-18-9-8-14(11-17(18)21)19-22-13(2)23-24(19)12-15-6-4-5-7-16(15)20/h4-7,14,17-18H,3,8-12,21H2,1-2H3/t14-,17+,18+/m0/s1. The van der Waals surface area contributed by atoms with Crippen molar-refractivity contribution in [1.29, 1.82) is 0 Å². The van der Waals surface area contributed by atoms with Gasteiger partial charge in [0, 0.05) is 23.6 Å². The molecule has 1 aromatic heterocycles. The van der Waals surface area contributed by atoms with Gasteiger partial charge in [-0.1, -0.05) is 36.7 Å². The molecule has 0 unspecified atom stereocenters. The van der Waals surface area contributed by atoms with E-state index in [1.54, 1.807) is 0 Å². The molecule has 0 amide bonds. The van der Waals surface area contributed by atoms with Crippen molar-refractivity contribution in [3.05, 3.63) is 46.5 Å². The molecule has 2 aromatic rings. The summed E-state index contributed by atoms with van der Waals surface area (Å²) in [6.07, 6.45) is 4.08. The first-order valence-corrected chi connectivity index (χ1v) is 9.48. The van der Waals surface area contributed by atoms with Gasteiger partial charge in [0.05, 0.1) is 12.6 Å². The SMILES string of the molecule is CCCO[C@@H]1CC[C@H](c2nc(C)nn2Cc2ccccc2Cl)C[C@H]1N. The Morgan fingerprint density at radius 1 is 1.32 bits per heavy atom. The number of aromatic nitrogens is 3. The van der Waals surface area contributed by atoms with Crippen LogP contribution in [0.2, 0.25) is 5.02 Å². The molecule has 2 N–H and O–H groups in total. The van der Waals surface area contributed by atoms with E-state index in [0.29, 0.717) is 12.5 Å². The van der Waals surface area contributed by atoms with Crippen LogP contribution in [-0.2, 0) is 11.3 Å². The van der Waals surface area contributed by atoms with Crippen molar-refractivity contribution in [3.63, 3.8) is 0 Å². The molecule has 3 atom stereocenters. The van der Waals surface area contributed by atoms with Crippen LogP contribution in [0.15, 0.2) is 24.3 Å². The van der Waals surface area contributed by atoms with E-state index in [-0.39, 0.29) is 12.1 Å². The van der Waals surface area contributed by atoms with Gasteiger partial charge >= 0.3 is 0 Å². The molecule has 1 aliphatic carbocycles. The summed E-state index contributed by atoms with van der Waals surface area (Å²) < 4.78 is 7.88. The van der Waals surface area contributed by atoms with E-state index in [2.05, 4.69) is 12.0 Å². The fraction of sp³-hybridized carbons (Fsp3) is 0.579. The number of rotatable bonds is 6. The first-order valence-electron chi connectivity index (χ1n) is 9.10. The topological polar surface area (TPSA) is 66.0 Å². The van der Waals surface area contributed by atoms with Crippen molar-refractivity contribution in [2.45, 2.75) is 64.1 Å². The van der Waals surface area contributed by atoms with Crippen molar-refractivity contribution in [2.24, 2.45) is 5.73 Å². The minimum atomic E-state index is 0.0519. The monoisotopic (exact) mass is 362 g/mol. The maximum Gasteiger partial charge on any atom is 0.147 e. The van der Waals surface area contributed by atoms with Gasteiger partial charge in [-0.05, 0) is 44.2 Å². The molecular weight excluding hydrogens is 336 g/mol. The average molecular weight is 363 g/mol. The van der Waals surface area contributed by atoms with Crippen LogP contribution in [0.3, 0.4) is 0 Å². The molecule has 5 nitrogen and oxygen atoms in total. The molecule has 1 fully saturated rings. The van der Waals surface area contributed by atoms with Gasteiger partial charge in [0.2, 0.25) is 0 Å². The Bertz CT molecular complexity index is 702. The summed E-state index contributed by atoms with van der Waals surface area (Å²) in [6, 6.07) is 7.93. The Morgan fingerprint density at radius 3 is 2.84 bits per heavy atom. The third-order valence-electron chi connectivity index (χ3n) is 4.82. The maximum atomic E-state index is 6.38. The third kappa shape index (κ3) is 4.40. The summed E-state index contributed by atoms with van der Waals surface area (Å²) in [5, 5.41) is 5.35. The number of aryl methyl sites for hydroxylation is 1. The normalized spacial score (nSPS) is 23.8. The lowest BCUT2D eigenvalue weighted by Gasteiger charge is -2.33. The highest BCUT2D eigenvalue weighted by Gasteiger charge is 2.32. The van der Waals surface area contributed by atoms with E-state index in [0.717, 1.165) is 54.5 Å². The highest BCUT2D eigenvalue weighted by Crippen LogP contribution is 2.33. The van der Waals surface area contributed by atoms with Crippen molar-refractivity contribution in [1.82, 2.24) is 14.8 Å². The molecular formula is C19H27ClN4O. The van der Waals surface area contributed by atoms with Crippen LogP contribution in [0.25, 0.3) is 0 Å². The summed E-state index contributed by atoms with van der Waals surface area (Å²) in [6.45, 7) is 5.47. The summed E-state index contributed by atoms with van der Waals surface area (Å²) in [5.41, 5.74) is 7.43. The van der Waals surface area contributed by atoms with Gasteiger partial charge < -0.3 is 10.5 Å². The van der Waals surface area contributed by atoms with Crippen molar-refractivity contribution in [2.75, 3.05) is 6.61 Å². The quantitative estimate of drug-likeness (QED) is 0.851. The number of hydrogen-bond acceptors (Lipinski definition) is 4. The van der Waals surface area contributed by atoms with Gasteiger partial charge in [0.1, 0.15) is 11.6 Å². The van der Waals surface area contributed by atoms with Crippen LogP contribution in [-0.4, -0.2) is 33.5 Å². The molecule has 1 aliphatic rings. The molecule has 0 aliphatic heterocycles. The average Bonchev–Trinajstić information content (AvgIpc) is 2.96. The molecule has 1 heterocycles. The molecule has 136 valence electrons. The second kappa shape index (κ2) is 8.30. The largest absolute Gasteiger partial charge is 0.377 e. The maximum absolute atomic E-state index is 6.38. The van der Waals surface area contributed by atoms with Gasteiger partial charge in [0.25, 0.3) is 0 Å². The lowest BCUT2D eigenvalue weighted by molar-refractivity contribution is 0.0107. The Labute approximate surface area is 154 Å². The van der Waals surface area contributed by atoms with E-state index in [1.165, 1.54) is 0 Å². The van der Waals surface area contributed by atoms with Gasteiger partial charge in [0.15, 0.2) is 0 Å². The Balaban J connectivity index is 1.74. The Morgan fingerprint density at radius 2 is 2.12 bits per heavy atom. The summed E-state index contributed by atoms with van der Waals surface area (Å²) in [7, 11) is 0. The second-order valence-corrected chi connectivity index (χ2v) is 7.26. The van der Waals surface area contributed by atoms with Gasteiger partial charge in [-0.15, -0.1) is 0 Å². The molecule has 6 heteroatoms. The highest BCUT2D eigenvalue weighted by molar-refractivity contribution is 6.31. The summed E-state index contributed by atoms with van der Waals surface area (Å²) >= 11 is 6.31. The molecule has 1 aromatic carbocycles. The molecule has 0 saturated heterocycles. The van der Waals surface area contributed by atoms with Gasteiger partial charge in [-0.25, -0.2) is 9.67 Å². The van der Waals surface area contributed by atoms with Crippen molar-refractivity contribution >= 4 is 11.6 Å². The molecule has 3 rings (SSSR count). The summed E-state index contributed by atoms with van der Waals surface area (Å²) in [4.78, 5) is 4.69. The smallest absolute Gasteiger partial charge is 0.147 e.